The number of hydrogen-bond acceptors (Lipinski definition) is 3. The first kappa shape index (κ1) is 19.6. The lowest BCUT2D eigenvalue weighted by molar-refractivity contribution is -0.126. The van der Waals surface area contributed by atoms with Crippen molar-refractivity contribution >= 4 is 17.4 Å². The Balaban J connectivity index is 1.74. The van der Waals surface area contributed by atoms with Gasteiger partial charge in [-0.3, -0.25) is 14.5 Å². The summed E-state index contributed by atoms with van der Waals surface area (Å²) in [5, 5.41) is 2.85. The molecule has 0 aromatic heterocycles. The molecule has 5 rings (SSSR count). The molecule has 0 bridgehead atoms. The number of hydrogen-bond donors (Lipinski definition) is 1. The van der Waals surface area contributed by atoms with E-state index in [1.807, 2.05) is 11.0 Å². The van der Waals surface area contributed by atoms with E-state index in [9.17, 15) is 18.4 Å². The summed E-state index contributed by atoms with van der Waals surface area (Å²) in [5.74, 6) is -2.59. The molecule has 1 saturated heterocycles. The minimum absolute atomic E-state index is 0.202. The number of carbonyl (C=O) groups excluding carboxylic acids is 2. The van der Waals surface area contributed by atoms with Gasteiger partial charge in [0.05, 0.1) is 5.92 Å². The smallest absolute Gasteiger partial charge is 0.250 e. The lowest BCUT2D eigenvalue weighted by Gasteiger charge is -2.35. The van der Waals surface area contributed by atoms with Crippen LogP contribution >= 0.6 is 0 Å². The van der Waals surface area contributed by atoms with Crippen LogP contribution in [0, 0.1) is 17.6 Å². The number of rotatable bonds is 3. The summed E-state index contributed by atoms with van der Waals surface area (Å²) >= 11 is 0. The molecule has 6 heteroatoms. The Morgan fingerprint density at radius 2 is 1.68 bits per heavy atom. The Morgan fingerprint density at radius 3 is 2.39 bits per heavy atom. The Hall–Kier alpha value is -3.38. The fourth-order valence-electron chi connectivity index (χ4n) is 5.20. The van der Waals surface area contributed by atoms with Crippen LogP contribution < -0.4 is 5.32 Å². The Labute approximate surface area is 178 Å². The summed E-state index contributed by atoms with van der Waals surface area (Å²) in [5.41, 5.74) is 0.843. The van der Waals surface area contributed by atoms with Gasteiger partial charge in [-0.15, -0.1) is 0 Å². The first-order chi connectivity index (χ1) is 14.9. The van der Waals surface area contributed by atoms with Gasteiger partial charge < -0.3 is 5.32 Å². The molecule has 0 radical (unpaired) electrons. The van der Waals surface area contributed by atoms with Gasteiger partial charge in [0.2, 0.25) is 5.91 Å². The predicted octanol–water partition coefficient (Wildman–Crippen LogP) is 4.34. The summed E-state index contributed by atoms with van der Waals surface area (Å²) in [7, 11) is 1.77. The third-order valence-electron chi connectivity index (χ3n) is 6.55. The first-order valence-corrected chi connectivity index (χ1v) is 10.1. The quantitative estimate of drug-likeness (QED) is 0.644. The van der Waals surface area contributed by atoms with E-state index < -0.39 is 17.3 Å². The average Bonchev–Trinajstić information content (AvgIpc) is 3.24. The molecule has 3 atom stereocenters. The van der Waals surface area contributed by atoms with E-state index in [1.54, 1.807) is 43.4 Å². The SMILES string of the molecule is CN1CC(c2ccc(F)cc2)C(C(=O)c2ccccc2)C12C(=O)Nc1ccc(F)cc12. The number of halogens is 2. The predicted molar refractivity (Wildman–Crippen MR) is 113 cm³/mol. The molecule has 2 aliphatic heterocycles. The maximum Gasteiger partial charge on any atom is 0.250 e. The van der Waals surface area contributed by atoms with Crippen LogP contribution in [0.5, 0.6) is 0 Å². The Kier molecular flexibility index (Phi) is 4.48. The van der Waals surface area contributed by atoms with Gasteiger partial charge in [0.1, 0.15) is 17.2 Å². The molecule has 1 N–H and O–H groups in total. The van der Waals surface area contributed by atoms with Crippen molar-refractivity contribution in [3.05, 3.63) is 101 Å². The highest BCUT2D eigenvalue weighted by molar-refractivity contribution is 6.12. The van der Waals surface area contributed by atoms with Gasteiger partial charge in [0.25, 0.3) is 0 Å². The minimum atomic E-state index is -1.36. The number of benzene rings is 3. The van der Waals surface area contributed by atoms with Gasteiger partial charge in [-0.1, -0.05) is 42.5 Å². The zero-order valence-electron chi connectivity index (χ0n) is 16.8. The number of ketones is 1. The number of nitrogens with one attached hydrogen (secondary N) is 1. The molecular formula is C25H20F2N2O2. The van der Waals surface area contributed by atoms with Crippen LogP contribution in [0.4, 0.5) is 14.5 Å². The normalized spacial score (nSPS) is 24.9. The van der Waals surface area contributed by atoms with Crippen LogP contribution in [0.2, 0.25) is 0 Å². The number of fused-ring (bicyclic) bond motifs is 2. The molecule has 2 heterocycles. The molecule has 156 valence electrons. The average molecular weight is 418 g/mol. The topological polar surface area (TPSA) is 49.4 Å². The van der Waals surface area contributed by atoms with E-state index in [4.69, 9.17) is 0 Å². The van der Waals surface area contributed by atoms with E-state index in [1.165, 1.54) is 30.3 Å². The Morgan fingerprint density at radius 1 is 1.00 bits per heavy atom. The molecule has 1 spiro atoms. The number of Topliss-reactive ketones (excluding diaryl/α,β-unsaturated/α-hetero) is 1. The van der Waals surface area contributed by atoms with Gasteiger partial charge >= 0.3 is 0 Å². The van der Waals surface area contributed by atoms with E-state index in [0.29, 0.717) is 23.4 Å². The standard InChI is InChI=1S/C25H20F2N2O2/c1-29-14-19(15-7-9-17(26)10-8-15)22(23(30)16-5-3-2-4-6-16)25(29)20-13-18(27)11-12-21(20)28-24(25)31/h2-13,19,22H,14H2,1H3,(H,28,31). The molecule has 0 saturated carbocycles. The van der Waals surface area contributed by atoms with E-state index in [2.05, 4.69) is 5.32 Å². The number of anilines is 1. The number of likely N-dealkylation sites (tertiary alicyclic amines) is 1. The third kappa shape index (κ3) is 2.82. The summed E-state index contributed by atoms with van der Waals surface area (Å²) in [6.07, 6.45) is 0. The van der Waals surface area contributed by atoms with Crippen LogP contribution in [0.1, 0.15) is 27.4 Å². The summed E-state index contributed by atoms with van der Waals surface area (Å²) in [4.78, 5) is 29.2. The van der Waals surface area contributed by atoms with Crippen molar-refractivity contribution < 1.29 is 18.4 Å². The molecule has 3 aromatic rings. The second kappa shape index (κ2) is 7.10. The van der Waals surface area contributed by atoms with E-state index in [-0.39, 0.29) is 23.4 Å². The second-order valence-electron chi connectivity index (χ2n) is 8.16. The lowest BCUT2D eigenvalue weighted by Crippen LogP contribution is -2.51. The highest BCUT2D eigenvalue weighted by Gasteiger charge is 2.64. The minimum Gasteiger partial charge on any atom is -0.324 e. The van der Waals surface area contributed by atoms with Crippen molar-refractivity contribution in [3.63, 3.8) is 0 Å². The van der Waals surface area contributed by atoms with Gasteiger partial charge in [-0.25, -0.2) is 8.78 Å². The fourth-order valence-corrected chi connectivity index (χ4v) is 5.20. The molecule has 1 fully saturated rings. The largest absolute Gasteiger partial charge is 0.324 e. The van der Waals surface area contributed by atoms with E-state index >= 15 is 0 Å². The number of nitrogens with zero attached hydrogens (tertiary/aromatic N) is 1. The van der Waals surface area contributed by atoms with Crippen LogP contribution in [-0.4, -0.2) is 30.2 Å². The third-order valence-corrected chi connectivity index (χ3v) is 6.55. The van der Waals surface area contributed by atoms with Crippen LogP contribution in [-0.2, 0) is 10.3 Å². The zero-order valence-corrected chi connectivity index (χ0v) is 16.8. The van der Waals surface area contributed by atoms with Crippen molar-refractivity contribution in [2.75, 3.05) is 18.9 Å². The molecule has 4 nitrogen and oxygen atoms in total. The lowest BCUT2D eigenvalue weighted by atomic mass is 9.70. The highest BCUT2D eigenvalue weighted by Crippen LogP contribution is 2.55. The molecule has 31 heavy (non-hydrogen) atoms. The molecule has 0 aliphatic carbocycles. The molecule has 3 aromatic carbocycles. The van der Waals surface area contributed by atoms with Gasteiger partial charge in [-0.2, -0.15) is 0 Å². The number of likely N-dealkylation sites (N-methyl/N-ethyl adjacent to an activating group) is 1. The van der Waals surface area contributed by atoms with Crippen molar-refractivity contribution in [2.24, 2.45) is 5.92 Å². The maximum absolute atomic E-state index is 14.3. The highest BCUT2D eigenvalue weighted by atomic mass is 19.1. The van der Waals surface area contributed by atoms with Crippen LogP contribution in [0.15, 0.2) is 72.8 Å². The number of amides is 1. The monoisotopic (exact) mass is 418 g/mol. The van der Waals surface area contributed by atoms with Gasteiger partial charge in [0, 0.05) is 29.3 Å². The van der Waals surface area contributed by atoms with Crippen molar-refractivity contribution in [1.82, 2.24) is 4.90 Å². The number of carbonyl (C=O) groups is 2. The van der Waals surface area contributed by atoms with Crippen molar-refractivity contribution in [2.45, 2.75) is 11.5 Å². The molecular weight excluding hydrogens is 398 g/mol. The maximum atomic E-state index is 14.3. The summed E-state index contributed by atoms with van der Waals surface area (Å²) < 4.78 is 27.9. The van der Waals surface area contributed by atoms with Crippen molar-refractivity contribution in [1.29, 1.82) is 0 Å². The molecule has 2 aliphatic rings. The zero-order chi connectivity index (χ0) is 21.8. The van der Waals surface area contributed by atoms with Crippen molar-refractivity contribution in [3.8, 4) is 0 Å². The van der Waals surface area contributed by atoms with Gasteiger partial charge in [0.15, 0.2) is 5.78 Å². The van der Waals surface area contributed by atoms with Gasteiger partial charge in [-0.05, 0) is 42.9 Å². The summed E-state index contributed by atoms with van der Waals surface area (Å²) in [6, 6.07) is 19.0. The first-order valence-electron chi connectivity index (χ1n) is 10.1. The Bertz CT molecular complexity index is 1180. The van der Waals surface area contributed by atoms with E-state index in [0.717, 1.165) is 5.56 Å². The van der Waals surface area contributed by atoms with Crippen LogP contribution in [0.25, 0.3) is 0 Å². The van der Waals surface area contributed by atoms with Crippen LogP contribution in [0.3, 0.4) is 0 Å². The molecule has 1 amide bonds. The second-order valence-corrected chi connectivity index (χ2v) is 8.16. The molecule has 3 unspecified atom stereocenters. The fraction of sp³-hybridized carbons (Fsp3) is 0.200. The summed E-state index contributed by atoms with van der Waals surface area (Å²) in [6.45, 7) is 0.387.